The quantitative estimate of drug-likeness (QED) is 0.769. The monoisotopic (exact) mass is 391 g/mol. The lowest BCUT2D eigenvalue weighted by molar-refractivity contribution is 0.0930. The van der Waals surface area contributed by atoms with Gasteiger partial charge in [0.15, 0.2) is 0 Å². The van der Waals surface area contributed by atoms with E-state index >= 15 is 0 Å². The molecule has 0 aromatic heterocycles. The summed E-state index contributed by atoms with van der Waals surface area (Å²) in [7, 11) is 0. The van der Waals surface area contributed by atoms with Crippen LogP contribution in [0.2, 0.25) is 0 Å². The summed E-state index contributed by atoms with van der Waals surface area (Å²) in [6, 6.07) is 18.1. The van der Waals surface area contributed by atoms with Crippen LogP contribution in [0.25, 0.3) is 0 Å². The molecular formula is C18H18INO. The van der Waals surface area contributed by atoms with Crippen molar-refractivity contribution in [1.29, 1.82) is 0 Å². The van der Waals surface area contributed by atoms with Crippen molar-refractivity contribution < 1.29 is 4.79 Å². The van der Waals surface area contributed by atoms with E-state index in [1.54, 1.807) is 0 Å². The van der Waals surface area contributed by atoms with Crippen LogP contribution in [0.3, 0.4) is 0 Å². The molecule has 108 valence electrons. The molecule has 21 heavy (non-hydrogen) atoms. The Balaban J connectivity index is 1.83. The molecule has 1 fully saturated rings. The average Bonchev–Trinajstić information content (AvgIpc) is 3.22. The fourth-order valence-corrected chi connectivity index (χ4v) is 3.41. The van der Waals surface area contributed by atoms with Gasteiger partial charge in [0.25, 0.3) is 5.91 Å². The SMILES string of the molecule is CC1CC1C(NC(=O)c1ccccc1I)c1ccccc1. The lowest BCUT2D eigenvalue weighted by Crippen LogP contribution is -2.30. The van der Waals surface area contributed by atoms with E-state index in [9.17, 15) is 4.79 Å². The molecule has 2 aromatic rings. The molecule has 1 saturated carbocycles. The Bertz CT molecular complexity index is 641. The van der Waals surface area contributed by atoms with Gasteiger partial charge < -0.3 is 5.32 Å². The zero-order chi connectivity index (χ0) is 14.8. The largest absolute Gasteiger partial charge is 0.345 e. The summed E-state index contributed by atoms with van der Waals surface area (Å²) < 4.78 is 0.989. The van der Waals surface area contributed by atoms with Gasteiger partial charge in [0.1, 0.15) is 0 Å². The van der Waals surface area contributed by atoms with Gasteiger partial charge in [0, 0.05) is 3.57 Å². The van der Waals surface area contributed by atoms with Gasteiger partial charge in [-0.2, -0.15) is 0 Å². The van der Waals surface area contributed by atoms with Gasteiger partial charge in [-0.05, 0) is 58.5 Å². The minimum Gasteiger partial charge on any atom is -0.345 e. The molecule has 0 radical (unpaired) electrons. The summed E-state index contributed by atoms with van der Waals surface area (Å²) in [5, 5.41) is 3.24. The van der Waals surface area contributed by atoms with Crippen LogP contribution in [0.1, 0.15) is 35.3 Å². The number of amides is 1. The molecule has 1 aliphatic carbocycles. The first kappa shape index (κ1) is 14.6. The van der Waals surface area contributed by atoms with Crippen LogP contribution in [-0.2, 0) is 0 Å². The minimum atomic E-state index is 0.0213. The maximum Gasteiger partial charge on any atom is 0.252 e. The number of hydrogen-bond donors (Lipinski definition) is 1. The van der Waals surface area contributed by atoms with Crippen LogP contribution < -0.4 is 5.32 Å². The summed E-state index contributed by atoms with van der Waals surface area (Å²) in [4.78, 5) is 12.6. The molecule has 3 rings (SSSR count). The summed E-state index contributed by atoms with van der Waals surface area (Å²) in [6.45, 7) is 2.25. The topological polar surface area (TPSA) is 29.1 Å². The number of hydrogen-bond acceptors (Lipinski definition) is 1. The molecular weight excluding hydrogens is 373 g/mol. The average molecular weight is 391 g/mol. The molecule has 0 bridgehead atoms. The predicted octanol–water partition coefficient (Wildman–Crippen LogP) is 4.42. The van der Waals surface area contributed by atoms with Gasteiger partial charge >= 0.3 is 0 Å². The van der Waals surface area contributed by atoms with Crippen molar-refractivity contribution in [1.82, 2.24) is 5.32 Å². The van der Waals surface area contributed by atoms with Gasteiger partial charge in [-0.1, -0.05) is 49.4 Å². The van der Waals surface area contributed by atoms with Gasteiger partial charge in [0.2, 0.25) is 0 Å². The molecule has 1 N–H and O–H groups in total. The third-order valence-corrected chi connectivity index (χ3v) is 5.10. The highest BCUT2D eigenvalue weighted by Crippen LogP contribution is 2.47. The third-order valence-electron chi connectivity index (χ3n) is 4.16. The Kier molecular flexibility index (Phi) is 4.29. The number of nitrogens with one attached hydrogen (secondary N) is 1. The van der Waals surface area contributed by atoms with Crippen molar-refractivity contribution >= 4 is 28.5 Å². The van der Waals surface area contributed by atoms with Crippen LogP contribution in [0.5, 0.6) is 0 Å². The Morgan fingerprint density at radius 3 is 2.38 bits per heavy atom. The first-order valence-corrected chi connectivity index (χ1v) is 8.35. The van der Waals surface area contributed by atoms with Crippen molar-refractivity contribution in [3.8, 4) is 0 Å². The maximum atomic E-state index is 12.6. The second kappa shape index (κ2) is 6.18. The second-order valence-electron chi connectivity index (χ2n) is 5.72. The smallest absolute Gasteiger partial charge is 0.252 e. The van der Waals surface area contributed by atoms with E-state index in [-0.39, 0.29) is 11.9 Å². The van der Waals surface area contributed by atoms with Crippen molar-refractivity contribution in [2.24, 2.45) is 11.8 Å². The fourth-order valence-electron chi connectivity index (χ4n) is 2.78. The van der Waals surface area contributed by atoms with Gasteiger partial charge in [-0.15, -0.1) is 0 Å². The van der Waals surface area contributed by atoms with E-state index in [4.69, 9.17) is 0 Å². The highest BCUT2D eigenvalue weighted by Gasteiger charge is 2.41. The minimum absolute atomic E-state index is 0.0213. The highest BCUT2D eigenvalue weighted by molar-refractivity contribution is 14.1. The van der Waals surface area contributed by atoms with Crippen LogP contribution in [-0.4, -0.2) is 5.91 Å². The van der Waals surface area contributed by atoms with Crippen molar-refractivity contribution in [3.05, 3.63) is 69.3 Å². The zero-order valence-electron chi connectivity index (χ0n) is 11.9. The first-order chi connectivity index (χ1) is 10.2. The molecule has 0 saturated heterocycles. The molecule has 3 atom stereocenters. The molecule has 3 heteroatoms. The van der Waals surface area contributed by atoms with E-state index in [2.05, 4.69) is 47.0 Å². The van der Waals surface area contributed by atoms with Crippen LogP contribution in [0, 0.1) is 15.4 Å². The van der Waals surface area contributed by atoms with Crippen LogP contribution in [0.15, 0.2) is 54.6 Å². The molecule has 0 aliphatic heterocycles. The van der Waals surface area contributed by atoms with E-state index in [1.165, 1.54) is 12.0 Å². The van der Waals surface area contributed by atoms with Gasteiger partial charge in [0.05, 0.1) is 11.6 Å². The number of halogens is 1. The fraction of sp³-hybridized carbons (Fsp3) is 0.278. The van der Waals surface area contributed by atoms with Crippen molar-refractivity contribution in [2.45, 2.75) is 19.4 Å². The Labute approximate surface area is 139 Å². The molecule has 1 aliphatic rings. The zero-order valence-corrected chi connectivity index (χ0v) is 14.1. The first-order valence-electron chi connectivity index (χ1n) is 7.27. The molecule has 0 spiro atoms. The molecule has 3 unspecified atom stereocenters. The lowest BCUT2D eigenvalue weighted by atomic mass is 10.0. The third kappa shape index (κ3) is 3.28. The number of carbonyl (C=O) groups is 1. The van der Waals surface area contributed by atoms with E-state index in [0.29, 0.717) is 11.8 Å². The van der Waals surface area contributed by atoms with Crippen molar-refractivity contribution in [2.75, 3.05) is 0 Å². The number of rotatable bonds is 4. The lowest BCUT2D eigenvalue weighted by Gasteiger charge is -2.20. The molecule has 2 nitrogen and oxygen atoms in total. The Morgan fingerprint density at radius 1 is 1.14 bits per heavy atom. The summed E-state index contributed by atoms with van der Waals surface area (Å²) in [5.74, 6) is 1.26. The standard InChI is InChI=1S/C18H18INO/c1-12-11-15(12)17(13-7-3-2-4-8-13)20-18(21)14-9-5-6-10-16(14)19/h2-10,12,15,17H,11H2,1H3,(H,20,21). The predicted molar refractivity (Wildman–Crippen MR) is 93.1 cm³/mol. The van der Waals surface area contributed by atoms with E-state index in [0.717, 1.165) is 9.13 Å². The molecule has 1 amide bonds. The summed E-state index contributed by atoms with van der Waals surface area (Å²) in [6.07, 6.45) is 1.19. The number of carbonyl (C=O) groups excluding carboxylic acids is 1. The van der Waals surface area contributed by atoms with E-state index in [1.807, 2.05) is 42.5 Å². The number of benzene rings is 2. The normalized spacial score (nSPS) is 21.6. The van der Waals surface area contributed by atoms with Crippen LogP contribution >= 0.6 is 22.6 Å². The van der Waals surface area contributed by atoms with Crippen LogP contribution in [0.4, 0.5) is 0 Å². The molecule has 0 heterocycles. The van der Waals surface area contributed by atoms with Gasteiger partial charge in [-0.3, -0.25) is 4.79 Å². The Morgan fingerprint density at radius 2 is 1.76 bits per heavy atom. The maximum absolute atomic E-state index is 12.6. The Hall–Kier alpha value is -1.36. The van der Waals surface area contributed by atoms with E-state index < -0.39 is 0 Å². The van der Waals surface area contributed by atoms with Crippen molar-refractivity contribution in [3.63, 3.8) is 0 Å². The second-order valence-corrected chi connectivity index (χ2v) is 6.88. The summed E-state index contributed by atoms with van der Waals surface area (Å²) >= 11 is 2.21. The highest BCUT2D eigenvalue weighted by atomic mass is 127. The van der Waals surface area contributed by atoms with Gasteiger partial charge in [-0.25, -0.2) is 0 Å². The molecule has 2 aromatic carbocycles. The summed E-state index contributed by atoms with van der Waals surface area (Å²) in [5.41, 5.74) is 1.96.